The molecule has 4 aromatic heterocycles. The van der Waals surface area contributed by atoms with E-state index in [4.69, 9.17) is 9.40 Å². The molecule has 0 aliphatic heterocycles. The summed E-state index contributed by atoms with van der Waals surface area (Å²) in [5, 5.41) is 3.76. The van der Waals surface area contributed by atoms with Crippen molar-refractivity contribution in [1.82, 2.24) is 15.0 Å². The predicted octanol–water partition coefficient (Wildman–Crippen LogP) is 17.1. The zero-order valence-corrected chi connectivity index (χ0v) is 46.3. The molecule has 0 aliphatic carbocycles. The topological polar surface area (TPSA) is 51.8 Å². The normalized spacial score (nSPS) is 11.8. The fraction of sp³-hybridized carbons (Fsp3) is 0.286. The van der Waals surface area contributed by atoms with E-state index in [1.165, 1.54) is 38.6 Å². The third-order valence-electron chi connectivity index (χ3n) is 11.7. The zero-order chi connectivity index (χ0) is 48.7. The molecule has 0 fully saturated rings. The quantitative estimate of drug-likeness (QED) is 0.142. The Labute approximate surface area is 427 Å². The molecule has 0 saturated carbocycles. The van der Waals surface area contributed by atoms with Gasteiger partial charge in [-0.3, -0.25) is 15.0 Å². The molecule has 0 unspecified atom stereocenters. The van der Waals surface area contributed by atoms with Crippen molar-refractivity contribution < 1.29 is 24.5 Å². The van der Waals surface area contributed by atoms with Gasteiger partial charge in [0.25, 0.3) is 0 Å². The maximum atomic E-state index is 6.30. The second kappa shape index (κ2) is 22.3. The van der Waals surface area contributed by atoms with E-state index in [9.17, 15) is 0 Å². The monoisotopic (exact) mass is 1110 g/mol. The molecule has 0 atom stereocenters. The third-order valence-corrected chi connectivity index (χ3v) is 13.7. The molecular weight excluding hydrogens is 1040 g/mol. The van der Waals surface area contributed by atoms with Gasteiger partial charge >= 0.3 is 0 Å². The molecule has 0 N–H and O–H groups in total. The number of nitrogens with zero attached hydrogens (tertiary/aromatic N) is 3. The van der Waals surface area contributed by atoms with Gasteiger partial charge in [0.1, 0.15) is 11.2 Å². The van der Waals surface area contributed by atoms with Crippen LogP contribution in [0.2, 0.25) is 19.6 Å². The van der Waals surface area contributed by atoms with E-state index in [-0.39, 0.29) is 25.5 Å². The van der Waals surface area contributed by atoms with Crippen molar-refractivity contribution in [2.75, 3.05) is 0 Å². The fourth-order valence-electron chi connectivity index (χ4n) is 8.78. The summed E-state index contributed by atoms with van der Waals surface area (Å²) in [4.78, 5) is 13.8. The Bertz CT molecular complexity index is 3060. The Hall–Kier alpha value is -5.78. The smallest absolute Gasteiger partial charge is 0.143 e. The van der Waals surface area contributed by atoms with Crippen molar-refractivity contribution in [1.29, 1.82) is 0 Å². The zero-order valence-electron chi connectivity index (χ0n) is 42.9. The molecular formula is C63H71IrN3OSi. The van der Waals surface area contributed by atoms with Crippen LogP contribution >= 0.6 is 0 Å². The number of aromatic nitrogens is 3. The molecule has 1 radical (unpaired) electrons. The van der Waals surface area contributed by atoms with Crippen molar-refractivity contribution >= 4 is 35.2 Å². The maximum Gasteiger partial charge on any atom is 0.143 e. The summed E-state index contributed by atoms with van der Waals surface area (Å²) in [6.45, 7) is 27.7. The van der Waals surface area contributed by atoms with Crippen molar-refractivity contribution in [3.8, 4) is 44.9 Å². The number of benzene rings is 5. The van der Waals surface area contributed by atoms with Gasteiger partial charge in [-0.2, -0.15) is 0 Å². The van der Waals surface area contributed by atoms with Crippen molar-refractivity contribution in [3.63, 3.8) is 0 Å². The summed E-state index contributed by atoms with van der Waals surface area (Å²) < 4.78 is 6.30. The van der Waals surface area contributed by atoms with E-state index in [0.29, 0.717) is 10.8 Å². The first-order chi connectivity index (χ1) is 32.2. The Morgan fingerprint density at radius 3 is 1.41 bits per heavy atom. The molecule has 4 heterocycles. The van der Waals surface area contributed by atoms with E-state index in [1.54, 1.807) is 0 Å². The molecule has 0 spiro atoms. The van der Waals surface area contributed by atoms with Gasteiger partial charge in [-0.15, -0.1) is 0 Å². The molecule has 0 bridgehead atoms. The molecule has 357 valence electrons. The van der Waals surface area contributed by atoms with E-state index >= 15 is 0 Å². The van der Waals surface area contributed by atoms with Crippen LogP contribution in [0.5, 0.6) is 0 Å². The summed E-state index contributed by atoms with van der Waals surface area (Å²) in [7, 11) is -1.36. The molecule has 9 aromatic rings. The number of hydrogen-bond donors (Lipinski definition) is 0. The Morgan fingerprint density at radius 2 is 0.913 bits per heavy atom. The van der Waals surface area contributed by atoms with Crippen LogP contribution in [0.4, 0.5) is 0 Å². The van der Waals surface area contributed by atoms with E-state index in [0.717, 1.165) is 69.4 Å². The van der Waals surface area contributed by atoms with E-state index in [1.807, 2.05) is 36.7 Å². The second-order valence-electron chi connectivity index (χ2n) is 22.9. The second-order valence-corrected chi connectivity index (χ2v) is 27.9. The average Bonchev–Trinajstić information content (AvgIpc) is 3.67. The number of furan rings is 1. The Morgan fingerprint density at radius 1 is 0.435 bits per heavy atom. The first kappa shape index (κ1) is 52.6. The molecule has 4 nitrogen and oxygen atoms in total. The van der Waals surface area contributed by atoms with Gasteiger partial charge in [-0.05, 0) is 111 Å². The molecule has 0 aliphatic rings. The van der Waals surface area contributed by atoms with Gasteiger partial charge in [0.2, 0.25) is 0 Å². The fourth-order valence-corrected chi connectivity index (χ4v) is 10.4. The number of hydrogen-bond acceptors (Lipinski definition) is 4. The van der Waals surface area contributed by atoms with Crippen molar-refractivity contribution in [2.45, 2.75) is 101 Å². The van der Waals surface area contributed by atoms with Crippen LogP contribution in [0.15, 0.2) is 181 Å². The third kappa shape index (κ3) is 14.9. The Kier molecular flexibility index (Phi) is 17.0. The first-order valence-corrected chi connectivity index (χ1v) is 27.7. The summed E-state index contributed by atoms with van der Waals surface area (Å²) in [5.41, 5.74) is 15.8. The van der Waals surface area contributed by atoms with Gasteiger partial charge in [0, 0.05) is 71.7 Å². The van der Waals surface area contributed by atoms with E-state index in [2.05, 4.69) is 232 Å². The van der Waals surface area contributed by atoms with Gasteiger partial charge in [0.15, 0.2) is 0 Å². The summed E-state index contributed by atoms with van der Waals surface area (Å²) in [6.07, 6.45) is 9.17. The number of rotatable bonds is 8. The van der Waals surface area contributed by atoms with Crippen LogP contribution in [-0.2, 0) is 39.4 Å². The van der Waals surface area contributed by atoms with Crippen LogP contribution in [0.1, 0.15) is 79.0 Å². The minimum atomic E-state index is -1.36. The van der Waals surface area contributed by atoms with Crippen LogP contribution < -0.4 is 5.19 Å². The summed E-state index contributed by atoms with van der Waals surface area (Å²) >= 11 is 0. The SMILES string of the molecule is CC(C)(C)Cc1cc(-c2ccccc2)ncc1[Si](C)(C)C.CC(C)(C)Cc1ccnc(-c2ccc3oc4c(-c5ccccc5)cccc4c3c2)c1.CC(C)(C)Cc1ccnc(-c2ccccc2)c1.[Ir]. The van der Waals surface area contributed by atoms with Crippen LogP contribution in [0.25, 0.3) is 66.8 Å². The molecule has 0 amide bonds. The largest absolute Gasteiger partial charge is 0.455 e. The molecule has 9 rings (SSSR count). The Balaban J connectivity index is 0.000000177. The predicted molar refractivity (Wildman–Crippen MR) is 294 cm³/mol. The van der Waals surface area contributed by atoms with Crippen molar-refractivity contribution in [3.05, 3.63) is 193 Å². The number of fused-ring (bicyclic) bond motifs is 3. The van der Waals surface area contributed by atoms with Gasteiger partial charge in [-0.1, -0.05) is 191 Å². The maximum absolute atomic E-state index is 6.30. The van der Waals surface area contributed by atoms with E-state index < -0.39 is 8.07 Å². The summed E-state index contributed by atoms with van der Waals surface area (Å²) in [5.74, 6) is 0. The average molecular weight is 1110 g/mol. The minimum absolute atomic E-state index is 0. The van der Waals surface area contributed by atoms with Gasteiger partial charge < -0.3 is 4.42 Å². The number of pyridine rings is 3. The van der Waals surface area contributed by atoms with Gasteiger partial charge in [0.05, 0.1) is 25.2 Å². The number of para-hydroxylation sites is 1. The first-order valence-electron chi connectivity index (χ1n) is 24.2. The molecule has 6 heteroatoms. The van der Waals surface area contributed by atoms with Crippen LogP contribution in [0, 0.1) is 16.2 Å². The standard InChI is InChI=1S/C28H25NO.C19H27NSi.C16H19N.Ir/c1-28(2,3)18-19-14-15-29-25(16-19)21-12-13-26-24(17-21)23-11-7-10-22(27(23)30-26)20-8-5-4-6-9-20;1-19(2,3)13-16-12-17(15-10-8-7-9-11-15)20-14-18(16)21(4,5)6;1-16(2,3)12-13-9-10-17-15(11-13)14-7-5-4-6-8-14;/h4-17H,18H2,1-3H3;7-12,14H,13H2,1-6H3;4-11H,12H2,1-3H3;. The van der Waals surface area contributed by atoms with Crippen molar-refractivity contribution in [2.24, 2.45) is 16.2 Å². The minimum Gasteiger partial charge on any atom is -0.455 e. The molecule has 0 saturated heterocycles. The molecule has 5 aromatic carbocycles. The summed E-state index contributed by atoms with van der Waals surface area (Å²) in [6, 6.07) is 54.9. The van der Waals surface area contributed by atoms with Gasteiger partial charge in [-0.25, -0.2) is 0 Å². The molecule has 69 heavy (non-hydrogen) atoms. The van der Waals surface area contributed by atoms with Crippen LogP contribution in [0.3, 0.4) is 0 Å². The van der Waals surface area contributed by atoms with Crippen LogP contribution in [-0.4, -0.2) is 23.0 Å².